The highest BCUT2D eigenvalue weighted by Gasteiger charge is 2.35. The van der Waals surface area contributed by atoms with Gasteiger partial charge in [-0.15, -0.1) is 0 Å². The van der Waals surface area contributed by atoms with Gasteiger partial charge in [-0.2, -0.15) is 22.7 Å². The van der Waals surface area contributed by atoms with Crippen LogP contribution in [-0.2, 0) is 21.0 Å². The molecule has 0 bridgehead atoms. The van der Waals surface area contributed by atoms with Crippen molar-refractivity contribution in [2.24, 2.45) is 0 Å². The predicted octanol–water partition coefficient (Wildman–Crippen LogP) is 4.14. The first-order chi connectivity index (χ1) is 13.4. The highest BCUT2D eigenvalue weighted by molar-refractivity contribution is 7.89. The van der Waals surface area contributed by atoms with Gasteiger partial charge in [0.25, 0.3) is 0 Å². The summed E-state index contributed by atoms with van der Waals surface area (Å²) < 4.78 is 64.6. The number of anilines is 1. The van der Waals surface area contributed by atoms with Crippen molar-refractivity contribution in [1.29, 1.82) is 5.26 Å². The van der Waals surface area contributed by atoms with E-state index in [4.69, 9.17) is 28.5 Å². The molecule has 29 heavy (non-hydrogen) atoms. The average molecular weight is 466 g/mol. The van der Waals surface area contributed by atoms with E-state index in [2.05, 4.69) is 5.32 Å². The molecule has 0 saturated heterocycles. The second-order valence-corrected chi connectivity index (χ2v) is 8.64. The molecular weight excluding hydrogens is 454 g/mol. The number of alkyl halides is 3. The number of sulfonamides is 1. The van der Waals surface area contributed by atoms with E-state index in [0.29, 0.717) is 10.4 Å². The Morgan fingerprint density at radius 3 is 2.45 bits per heavy atom. The van der Waals surface area contributed by atoms with Crippen molar-refractivity contribution in [3.8, 4) is 6.07 Å². The Labute approximate surface area is 174 Å². The summed E-state index contributed by atoms with van der Waals surface area (Å²) >= 11 is 11.3. The summed E-state index contributed by atoms with van der Waals surface area (Å²) in [5.74, 6) is -0.820. The number of amides is 1. The maximum absolute atomic E-state index is 13.0. The molecule has 154 valence electrons. The molecule has 0 aliphatic carbocycles. The first kappa shape index (κ1) is 23.0. The minimum absolute atomic E-state index is 0.0710. The Hall–Kier alpha value is -2.32. The van der Waals surface area contributed by atoms with Crippen LogP contribution in [-0.4, -0.2) is 32.2 Å². The van der Waals surface area contributed by atoms with Gasteiger partial charge in [0.2, 0.25) is 15.9 Å². The van der Waals surface area contributed by atoms with Crippen LogP contribution in [0.3, 0.4) is 0 Å². The number of hydrogen-bond acceptors (Lipinski definition) is 4. The normalized spacial score (nSPS) is 11.9. The van der Waals surface area contributed by atoms with Gasteiger partial charge in [-0.3, -0.25) is 4.79 Å². The van der Waals surface area contributed by atoms with E-state index >= 15 is 0 Å². The van der Waals surface area contributed by atoms with Crippen LogP contribution >= 0.6 is 23.2 Å². The maximum Gasteiger partial charge on any atom is 0.417 e. The smallest absolute Gasteiger partial charge is 0.324 e. The van der Waals surface area contributed by atoms with Gasteiger partial charge >= 0.3 is 6.18 Å². The topological polar surface area (TPSA) is 90.3 Å². The summed E-state index contributed by atoms with van der Waals surface area (Å²) in [5, 5.41) is 11.0. The quantitative estimate of drug-likeness (QED) is 0.717. The fraction of sp³-hybridized carbons (Fsp3) is 0.176. The molecule has 0 fully saturated rings. The molecule has 0 aliphatic rings. The van der Waals surface area contributed by atoms with E-state index in [1.54, 1.807) is 0 Å². The van der Waals surface area contributed by atoms with Crippen LogP contribution < -0.4 is 5.32 Å². The third kappa shape index (κ3) is 5.39. The standard InChI is InChI=1S/C17H12Cl2F3N3O3S/c1-25(9-16(26)24-15-6-11(18)3-2-10(15)8-23)29(27,28)12-4-5-14(19)13(7-12)17(20,21)22/h2-7H,9H2,1H3,(H,24,26). The highest BCUT2D eigenvalue weighted by Crippen LogP contribution is 2.36. The number of carbonyl (C=O) groups excluding carboxylic acids is 1. The summed E-state index contributed by atoms with van der Waals surface area (Å²) in [6.07, 6.45) is -4.85. The molecule has 2 aromatic carbocycles. The molecule has 0 saturated carbocycles. The number of nitriles is 1. The SMILES string of the molecule is CN(CC(=O)Nc1cc(Cl)ccc1C#N)S(=O)(=O)c1ccc(Cl)c(C(F)(F)F)c1. The van der Waals surface area contributed by atoms with Crippen molar-refractivity contribution in [2.45, 2.75) is 11.1 Å². The summed E-state index contributed by atoms with van der Waals surface area (Å²) in [5.41, 5.74) is -1.14. The molecule has 0 spiro atoms. The van der Waals surface area contributed by atoms with Gasteiger partial charge in [-0.05, 0) is 36.4 Å². The van der Waals surface area contributed by atoms with Gasteiger partial charge in [-0.1, -0.05) is 23.2 Å². The zero-order chi connectivity index (χ0) is 22.0. The van der Waals surface area contributed by atoms with Crippen LogP contribution in [0.2, 0.25) is 10.0 Å². The minimum atomic E-state index is -4.85. The van der Waals surface area contributed by atoms with E-state index in [1.165, 1.54) is 18.2 Å². The zero-order valence-corrected chi connectivity index (χ0v) is 16.9. The number of likely N-dealkylation sites (N-methyl/N-ethyl adjacent to an activating group) is 1. The van der Waals surface area contributed by atoms with Crippen LogP contribution in [0, 0.1) is 11.3 Å². The largest absolute Gasteiger partial charge is 0.417 e. The van der Waals surface area contributed by atoms with Crippen LogP contribution in [0.5, 0.6) is 0 Å². The first-order valence-corrected chi connectivity index (χ1v) is 9.88. The van der Waals surface area contributed by atoms with Crippen LogP contribution in [0.25, 0.3) is 0 Å². The molecule has 0 aliphatic heterocycles. The fourth-order valence-corrected chi connectivity index (χ4v) is 3.81. The molecule has 1 amide bonds. The lowest BCUT2D eigenvalue weighted by Gasteiger charge is -2.18. The van der Waals surface area contributed by atoms with Crippen molar-refractivity contribution in [2.75, 3.05) is 18.9 Å². The highest BCUT2D eigenvalue weighted by atomic mass is 35.5. The molecule has 0 unspecified atom stereocenters. The lowest BCUT2D eigenvalue weighted by atomic mass is 10.2. The maximum atomic E-state index is 13.0. The van der Waals surface area contributed by atoms with Crippen LogP contribution in [0.1, 0.15) is 11.1 Å². The average Bonchev–Trinajstić information content (AvgIpc) is 2.61. The van der Waals surface area contributed by atoms with E-state index in [9.17, 15) is 26.4 Å². The molecular formula is C17H12Cl2F3N3O3S. The van der Waals surface area contributed by atoms with Gasteiger partial charge in [0.15, 0.2) is 0 Å². The molecule has 0 atom stereocenters. The number of benzene rings is 2. The third-order valence-corrected chi connectivity index (χ3v) is 6.06. The van der Waals surface area contributed by atoms with Crippen molar-refractivity contribution < 1.29 is 26.4 Å². The summed E-state index contributed by atoms with van der Waals surface area (Å²) in [6.45, 7) is -0.719. The van der Waals surface area contributed by atoms with Gasteiger partial charge in [0.05, 0.1) is 33.3 Å². The fourth-order valence-electron chi connectivity index (χ4n) is 2.26. The van der Waals surface area contributed by atoms with Gasteiger partial charge in [-0.25, -0.2) is 8.42 Å². The molecule has 0 aromatic heterocycles. The Balaban J connectivity index is 2.24. The molecule has 1 N–H and O–H groups in total. The third-order valence-electron chi connectivity index (χ3n) is 3.69. The second kappa shape index (κ2) is 8.59. The number of halogens is 5. The van der Waals surface area contributed by atoms with Crippen molar-refractivity contribution in [3.05, 3.63) is 57.6 Å². The number of rotatable bonds is 5. The lowest BCUT2D eigenvalue weighted by Crippen LogP contribution is -2.35. The molecule has 2 aromatic rings. The Bertz CT molecular complexity index is 1100. The van der Waals surface area contributed by atoms with Crippen molar-refractivity contribution in [1.82, 2.24) is 4.31 Å². The molecule has 0 radical (unpaired) electrons. The molecule has 0 heterocycles. The Kier molecular flexibility index (Phi) is 6.80. The summed E-state index contributed by atoms with van der Waals surface area (Å²) in [7, 11) is -3.40. The molecule has 2 rings (SSSR count). The molecule has 12 heteroatoms. The lowest BCUT2D eigenvalue weighted by molar-refractivity contribution is -0.137. The summed E-state index contributed by atoms with van der Waals surface area (Å²) in [4.78, 5) is 11.5. The van der Waals surface area contributed by atoms with Crippen LogP contribution in [0.4, 0.5) is 18.9 Å². The number of hydrogen-bond donors (Lipinski definition) is 1. The monoisotopic (exact) mass is 465 g/mol. The molecule has 6 nitrogen and oxygen atoms in total. The zero-order valence-electron chi connectivity index (χ0n) is 14.6. The van der Waals surface area contributed by atoms with E-state index < -0.39 is 44.1 Å². The number of nitrogens with zero attached hydrogens (tertiary/aromatic N) is 2. The van der Waals surface area contributed by atoms with Crippen LogP contribution in [0.15, 0.2) is 41.3 Å². The number of carbonyl (C=O) groups is 1. The number of nitrogens with one attached hydrogen (secondary N) is 1. The Morgan fingerprint density at radius 1 is 1.21 bits per heavy atom. The van der Waals surface area contributed by atoms with E-state index in [1.807, 2.05) is 6.07 Å². The minimum Gasteiger partial charge on any atom is -0.324 e. The summed E-state index contributed by atoms with van der Waals surface area (Å²) in [6, 6.07) is 8.07. The van der Waals surface area contributed by atoms with Gasteiger partial charge in [0.1, 0.15) is 6.07 Å². The second-order valence-electron chi connectivity index (χ2n) is 5.75. The van der Waals surface area contributed by atoms with Gasteiger partial charge < -0.3 is 5.32 Å². The predicted molar refractivity (Wildman–Crippen MR) is 101 cm³/mol. The van der Waals surface area contributed by atoms with Crippen molar-refractivity contribution >= 4 is 44.8 Å². The van der Waals surface area contributed by atoms with E-state index in [0.717, 1.165) is 19.2 Å². The van der Waals surface area contributed by atoms with Crippen molar-refractivity contribution in [3.63, 3.8) is 0 Å². The van der Waals surface area contributed by atoms with Gasteiger partial charge in [0, 0.05) is 12.1 Å². The van der Waals surface area contributed by atoms with E-state index in [-0.39, 0.29) is 16.3 Å². The Morgan fingerprint density at radius 2 is 1.86 bits per heavy atom. The first-order valence-electron chi connectivity index (χ1n) is 7.69.